The van der Waals surface area contributed by atoms with Crippen LogP contribution in [0.15, 0.2) is 16.6 Å². The van der Waals surface area contributed by atoms with Gasteiger partial charge in [0.05, 0.1) is 18.2 Å². The molecule has 2 atom stereocenters. The molecule has 2 nitrogen and oxygen atoms in total. The van der Waals surface area contributed by atoms with E-state index in [1.54, 1.807) is 6.07 Å². The van der Waals surface area contributed by atoms with Crippen molar-refractivity contribution in [3.8, 4) is 0 Å². The highest BCUT2D eigenvalue weighted by molar-refractivity contribution is 9.10. The molecule has 0 aliphatic carbocycles. The monoisotopic (exact) mass is 353 g/mol. The van der Waals surface area contributed by atoms with Gasteiger partial charge in [-0.25, -0.2) is 8.78 Å². The summed E-state index contributed by atoms with van der Waals surface area (Å²) in [6.07, 6.45) is 0.141. The van der Waals surface area contributed by atoms with E-state index in [0.717, 1.165) is 0 Å². The molecule has 0 aromatic heterocycles. The third-order valence-electron chi connectivity index (χ3n) is 3.22. The molecular weight excluding hydrogens is 340 g/mol. The van der Waals surface area contributed by atoms with Crippen LogP contribution in [0, 0.1) is 5.82 Å². The largest absolute Gasteiger partial charge is 0.379 e. The minimum absolute atomic E-state index is 0.0203. The standard InChI is InChI=1S/C13H15BrClF2NO/c1-13(17,6-8-7-19-5-4-18-8)9-2-3-10(14)11(15)12(9)16/h2-3,8,18H,4-7H2,1H3. The Morgan fingerprint density at radius 3 is 2.95 bits per heavy atom. The van der Waals surface area contributed by atoms with Crippen molar-refractivity contribution in [1.82, 2.24) is 5.32 Å². The Kier molecular flexibility index (Phi) is 4.82. The van der Waals surface area contributed by atoms with Crippen LogP contribution in [0.5, 0.6) is 0 Å². The first-order chi connectivity index (χ1) is 8.92. The number of halogens is 4. The fourth-order valence-corrected chi connectivity index (χ4v) is 2.72. The molecule has 1 N–H and O–H groups in total. The molecule has 0 amide bonds. The minimum atomic E-state index is -1.80. The van der Waals surface area contributed by atoms with Crippen LogP contribution >= 0.6 is 27.5 Å². The number of morpholine rings is 1. The Balaban J connectivity index is 2.21. The van der Waals surface area contributed by atoms with Crippen molar-refractivity contribution in [1.29, 1.82) is 0 Å². The first-order valence-corrected chi connectivity index (χ1v) is 7.23. The molecule has 1 aromatic rings. The predicted octanol–water partition coefficient (Wildman–Crippen LogP) is 3.80. The minimum Gasteiger partial charge on any atom is -0.379 e. The molecule has 1 aliphatic heterocycles. The summed E-state index contributed by atoms with van der Waals surface area (Å²) in [7, 11) is 0. The topological polar surface area (TPSA) is 21.3 Å². The van der Waals surface area contributed by atoms with Gasteiger partial charge in [-0.2, -0.15) is 0 Å². The molecule has 1 aromatic carbocycles. The van der Waals surface area contributed by atoms with E-state index in [1.807, 2.05) is 0 Å². The second kappa shape index (κ2) is 6.04. The van der Waals surface area contributed by atoms with E-state index < -0.39 is 11.5 Å². The van der Waals surface area contributed by atoms with E-state index >= 15 is 0 Å². The third-order valence-corrected chi connectivity index (χ3v) is 4.48. The van der Waals surface area contributed by atoms with Crippen molar-refractivity contribution in [2.45, 2.75) is 25.1 Å². The molecule has 0 spiro atoms. The summed E-state index contributed by atoms with van der Waals surface area (Å²) in [6.45, 7) is 3.11. The van der Waals surface area contributed by atoms with Crippen molar-refractivity contribution >= 4 is 27.5 Å². The normalized spacial score (nSPS) is 23.1. The van der Waals surface area contributed by atoms with Crippen LogP contribution in [0.3, 0.4) is 0 Å². The molecule has 6 heteroatoms. The number of benzene rings is 1. The Morgan fingerprint density at radius 2 is 2.32 bits per heavy atom. The van der Waals surface area contributed by atoms with Gasteiger partial charge in [-0.3, -0.25) is 0 Å². The number of ether oxygens (including phenoxy) is 1. The highest BCUT2D eigenvalue weighted by atomic mass is 79.9. The molecule has 1 fully saturated rings. The van der Waals surface area contributed by atoms with E-state index in [0.29, 0.717) is 24.2 Å². The zero-order valence-corrected chi connectivity index (χ0v) is 12.8. The van der Waals surface area contributed by atoms with Gasteiger partial charge in [0.25, 0.3) is 0 Å². The average Bonchev–Trinajstić information content (AvgIpc) is 2.36. The van der Waals surface area contributed by atoms with Gasteiger partial charge in [-0.15, -0.1) is 0 Å². The van der Waals surface area contributed by atoms with Crippen LogP contribution in [0.4, 0.5) is 8.78 Å². The maximum atomic E-state index is 14.8. The molecule has 0 radical (unpaired) electrons. The van der Waals surface area contributed by atoms with E-state index in [-0.39, 0.29) is 23.0 Å². The van der Waals surface area contributed by atoms with Gasteiger partial charge in [0.1, 0.15) is 11.5 Å². The molecule has 19 heavy (non-hydrogen) atoms. The van der Waals surface area contributed by atoms with E-state index in [1.165, 1.54) is 13.0 Å². The summed E-state index contributed by atoms with van der Waals surface area (Å²) in [5.41, 5.74) is -1.82. The molecular formula is C13H15BrClF2NO. The maximum absolute atomic E-state index is 14.8. The summed E-state index contributed by atoms with van der Waals surface area (Å²) in [5.74, 6) is -0.710. The summed E-state index contributed by atoms with van der Waals surface area (Å²) in [5, 5.41) is 3.07. The lowest BCUT2D eigenvalue weighted by Gasteiger charge is -2.30. The van der Waals surface area contributed by atoms with Gasteiger partial charge in [-0.1, -0.05) is 17.7 Å². The van der Waals surface area contributed by atoms with Crippen molar-refractivity contribution in [3.05, 3.63) is 33.0 Å². The summed E-state index contributed by atoms with van der Waals surface area (Å²) in [4.78, 5) is 0. The van der Waals surface area contributed by atoms with Crippen molar-refractivity contribution in [2.24, 2.45) is 0 Å². The zero-order chi connectivity index (χ0) is 14.0. The summed E-state index contributed by atoms with van der Waals surface area (Å²) < 4.78 is 34.5. The van der Waals surface area contributed by atoms with E-state index in [4.69, 9.17) is 16.3 Å². The quantitative estimate of drug-likeness (QED) is 0.834. The van der Waals surface area contributed by atoms with Crippen LogP contribution in [-0.4, -0.2) is 25.8 Å². The van der Waals surface area contributed by atoms with Crippen LogP contribution in [0.25, 0.3) is 0 Å². The third kappa shape index (κ3) is 3.45. The fraction of sp³-hybridized carbons (Fsp3) is 0.538. The Hall–Kier alpha value is -0.230. The van der Waals surface area contributed by atoms with Gasteiger partial charge in [-0.05, 0) is 28.9 Å². The number of hydrogen-bond acceptors (Lipinski definition) is 2. The number of alkyl halides is 1. The van der Waals surface area contributed by atoms with Crippen LogP contribution < -0.4 is 5.32 Å². The van der Waals surface area contributed by atoms with Crippen molar-refractivity contribution in [2.75, 3.05) is 19.8 Å². The Labute approximate surface area is 124 Å². The number of rotatable bonds is 3. The summed E-state index contributed by atoms with van der Waals surface area (Å²) >= 11 is 8.92. The lowest BCUT2D eigenvalue weighted by atomic mass is 9.90. The molecule has 2 unspecified atom stereocenters. The lowest BCUT2D eigenvalue weighted by molar-refractivity contribution is 0.0465. The zero-order valence-electron chi connectivity index (χ0n) is 10.5. The molecule has 0 saturated carbocycles. The molecule has 2 rings (SSSR count). The highest BCUT2D eigenvalue weighted by Crippen LogP contribution is 2.37. The first-order valence-electron chi connectivity index (χ1n) is 6.06. The highest BCUT2D eigenvalue weighted by Gasteiger charge is 2.34. The number of hydrogen-bond donors (Lipinski definition) is 1. The van der Waals surface area contributed by atoms with E-state index in [2.05, 4.69) is 21.2 Å². The second-order valence-corrected chi connectivity index (χ2v) is 6.08. The maximum Gasteiger partial charge on any atom is 0.149 e. The molecule has 1 saturated heterocycles. The SMILES string of the molecule is CC(F)(CC1COCCN1)c1ccc(Br)c(Cl)c1F. The predicted molar refractivity (Wildman–Crippen MR) is 74.8 cm³/mol. The van der Waals surface area contributed by atoms with Gasteiger partial charge in [0.2, 0.25) is 0 Å². The average molecular weight is 355 g/mol. The van der Waals surface area contributed by atoms with E-state index in [9.17, 15) is 8.78 Å². The van der Waals surface area contributed by atoms with Gasteiger partial charge < -0.3 is 10.1 Å². The number of nitrogens with one attached hydrogen (secondary N) is 1. The smallest absolute Gasteiger partial charge is 0.149 e. The molecule has 1 heterocycles. The molecule has 0 bridgehead atoms. The van der Waals surface area contributed by atoms with Crippen LogP contribution in [0.2, 0.25) is 5.02 Å². The fourth-order valence-electron chi connectivity index (χ4n) is 2.25. The van der Waals surface area contributed by atoms with Crippen LogP contribution in [-0.2, 0) is 10.4 Å². The second-order valence-electron chi connectivity index (χ2n) is 4.85. The van der Waals surface area contributed by atoms with Crippen molar-refractivity contribution < 1.29 is 13.5 Å². The molecule has 1 aliphatic rings. The van der Waals surface area contributed by atoms with Crippen molar-refractivity contribution in [3.63, 3.8) is 0 Å². The summed E-state index contributed by atoms with van der Waals surface area (Å²) in [6, 6.07) is 2.86. The first kappa shape index (κ1) is 15.2. The Morgan fingerprint density at radius 1 is 1.58 bits per heavy atom. The van der Waals surface area contributed by atoms with Gasteiger partial charge in [0, 0.05) is 29.0 Å². The molecule has 106 valence electrons. The lowest BCUT2D eigenvalue weighted by Crippen LogP contribution is -2.44. The van der Waals surface area contributed by atoms with Gasteiger partial charge >= 0.3 is 0 Å². The Bertz CT molecular complexity index is 464. The van der Waals surface area contributed by atoms with Crippen LogP contribution in [0.1, 0.15) is 18.9 Å². The van der Waals surface area contributed by atoms with Gasteiger partial charge in [0.15, 0.2) is 0 Å².